The Hall–Kier alpha value is -1.58. The van der Waals surface area contributed by atoms with Crippen molar-refractivity contribution in [3.05, 3.63) is 23.9 Å². The van der Waals surface area contributed by atoms with Gasteiger partial charge < -0.3 is 10.6 Å². The van der Waals surface area contributed by atoms with Gasteiger partial charge in [0.25, 0.3) is 5.91 Å². The van der Waals surface area contributed by atoms with Crippen LogP contribution in [0.15, 0.2) is 18.2 Å². The van der Waals surface area contributed by atoms with Gasteiger partial charge >= 0.3 is 0 Å². The van der Waals surface area contributed by atoms with Gasteiger partial charge in [-0.2, -0.15) is 0 Å². The lowest BCUT2D eigenvalue weighted by Gasteiger charge is -2.26. The van der Waals surface area contributed by atoms with Gasteiger partial charge in [-0.1, -0.05) is 32.8 Å². The van der Waals surface area contributed by atoms with E-state index in [2.05, 4.69) is 29.5 Å². The highest BCUT2D eigenvalue weighted by Crippen LogP contribution is 2.27. The smallest absolute Gasteiger partial charge is 0.269 e. The number of rotatable bonds is 6. The average molecular weight is 289 g/mol. The van der Waals surface area contributed by atoms with Crippen molar-refractivity contribution in [2.24, 2.45) is 11.8 Å². The largest absolute Gasteiger partial charge is 0.370 e. The number of nitrogens with zero attached hydrogens (tertiary/aromatic N) is 1. The number of pyridine rings is 1. The molecule has 1 aromatic heterocycles. The number of carbonyl (C=O) groups excluding carboxylic acids is 1. The number of hydrogen-bond acceptors (Lipinski definition) is 3. The zero-order valence-electron chi connectivity index (χ0n) is 13.2. The van der Waals surface area contributed by atoms with E-state index in [1.165, 1.54) is 25.7 Å². The van der Waals surface area contributed by atoms with Crippen molar-refractivity contribution in [1.82, 2.24) is 10.3 Å². The van der Waals surface area contributed by atoms with Gasteiger partial charge in [-0.05, 0) is 43.2 Å². The zero-order valence-corrected chi connectivity index (χ0v) is 13.2. The van der Waals surface area contributed by atoms with E-state index in [1.807, 2.05) is 12.1 Å². The van der Waals surface area contributed by atoms with Crippen LogP contribution in [0.25, 0.3) is 0 Å². The molecule has 4 nitrogen and oxygen atoms in total. The van der Waals surface area contributed by atoms with Gasteiger partial charge in [-0.3, -0.25) is 4.79 Å². The summed E-state index contributed by atoms with van der Waals surface area (Å²) in [5, 5.41) is 6.25. The first-order valence-corrected chi connectivity index (χ1v) is 8.18. The van der Waals surface area contributed by atoms with Crippen LogP contribution in [-0.4, -0.2) is 24.0 Å². The van der Waals surface area contributed by atoms with Crippen LogP contribution >= 0.6 is 0 Å². The Morgan fingerprint density at radius 2 is 2.05 bits per heavy atom. The van der Waals surface area contributed by atoms with Gasteiger partial charge in [0.05, 0.1) is 0 Å². The molecule has 1 aliphatic carbocycles. The minimum atomic E-state index is -0.0613. The molecule has 2 N–H and O–H groups in total. The Bertz CT molecular complexity index is 453. The van der Waals surface area contributed by atoms with Crippen molar-refractivity contribution in [3.8, 4) is 0 Å². The summed E-state index contributed by atoms with van der Waals surface area (Å²) in [6.07, 6.45) is 6.07. The van der Waals surface area contributed by atoms with Crippen LogP contribution in [0.4, 0.5) is 5.82 Å². The molecule has 0 aromatic carbocycles. The lowest BCUT2D eigenvalue weighted by Crippen LogP contribution is -2.31. The first kappa shape index (κ1) is 15.8. The fraction of sp³-hybridized carbons (Fsp3) is 0.647. The Balaban J connectivity index is 1.82. The third-order valence-corrected chi connectivity index (χ3v) is 4.22. The first-order chi connectivity index (χ1) is 10.2. The number of carbonyl (C=O) groups is 1. The average Bonchev–Trinajstić information content (AvgIpc) is 2.52. The van der Waals surface area contributed by atoms with Crippen molar-refractivity contribution in [2.75, 3.05) is 18.4 Å². The van der Waals surface area contributed by atoms with Gasteiger partial charge in [0.2, 0.25) is 0 Å². The van der Waals surface area contributed by atoms with E-state index in [0.29, 0.717) is 11.6 Å². The maximum atomic E-state index is 12.2. The summed E-state index contributed by atoms with van der Waals surface area (Å²) in [5.74, 6) is 2.19. The number of nitrogens with one attached hydrogen (secondary N) is 2. The topological polar surface area (TPSA) is 54.0 Å². The van der Waals surface area contributed by atoms with Crippen LogP contribution in [0.2, 0.25) is 0 Å². The third kappa shape index (κ3) is 5.03. The summed E-state index contributed by atoms with van der Waals surface area (Å²) in [4.78, 5) is 16.5. The fourth-order valence-corrected chi connectivity index (χ4v) is 2.77. The van der Waals surface area contributed by atoms with Crippen LogP contribution in [0.1, 0.15) is 56.4 Å². The Morgan fingerprint density at radius 1 is 1.29 bits per heavy atom. The molecular weight excluding hydrogens is 262 g/mol. The van der Waals surface area contributed by atoms with Gasteiger partial charge in [0, 0.05) is 13.1 Å². The van der Waals surface area contributed by atoms with Crippen molar-refractivity contribution >= 4 is 11.7 Å². The second-order valence-corrected chi connectivity index (χ2v) is 6.17. The van der Waals surface area contributed by atoms with E-state index in [1.54, 1.807) is 6.07 Å². The molecule has 1 aliphatic rings. The molecule has 2 rings (SSSR count). The summed E-state index contributed by atoms with van der Waals surface area (Å²) in [7, 11) is 0. The number of aromatic nitrogens is 1. The third-order valence-electron chi connectivity index (χ3n) is 4.22. The van der Waals surface area contributed by atoms with Crippen molar-refractivity contribution in [2.45, 2.75) is 46.0 Å². The predicted octanol–water partition coefficient (Wildman–Crippen LogP) is 3.46. The summed E-state index contributed by atoms with van der Waals surface area (Å²) in [6, 6.07) is 5.55. The van der Waals surface area contributed by atoms with Gasteiger partial charge in [-0.15, -0.1) is 0 Å². The van der Waals surface area contributed by atoms with E-state index in [0.717, 1.165) is 31.2 Å². The lowest BCUT2D eigenvalue weighted by molar-refractivity contribution is 0.0937. The molecule has 4 heteroatoms. The van der Waals surface area contributed by atoms with Gasteiger partial charge in [0.1, 0.15) is 11.5 Å². The van der Waals surface area contributed by atoms with E-state index in [-0.39, 0.29) is 5.91 Å². The molecule has 1 fully saturated rings. The fourth-order valence-electron chi connectivity index (χ4n) is 2.77. The van der Waals surface area contributed by atoms with Crippen molar-refractivity contribution < 1.29 is 4.79 Å². The van der Waals surface area contributed by atoms with E-state index < -0.39 is 0 Å². The van der Waals surface area contributed by atoms with Crippen molar-refractivity contribution in [3.63, 3.8) is 0 Å². The summed E-state index contributed by atoms with van der Waals surface area (Å²) >= 11 is 0. The van der Waals surface area contributed by atoms with Crippen LogP contribution < -0.4 is 10.6 Å². The van der Waals surface area contributed by atoms with E-state index >= 15 is 0 Å². The lowest BCUT2D eigenvalue weighted by atomic mass is 9.83. The zero-order chi connectivity index (χ0) is 15.1. The molecule has 0 aliphatic heterocycles. The Labute approximate surface area is 127 Å². The normalized spacial score (nSPS) is 21.8. The number of amides is 1. The molecule has 1 heterocycles. The molecule has 21 heavy (non-hydrogen) atoms. The van der Waals surface area contributed by atoms with Crippen LogP contribution in [0.5, 0.6) is 0 Å². The molecule has 0 spiro atoms. The molecule has 1 saturated carbocycles. The highest BCUT2D eigenvalue weighted by atomic mass is 16.1. The van der Waals surface area contributed by atoms with Gasteiger partial charge in [-0.25, -0.2) is 4.98 Å². The standard InChI is InChI=1S/C17H27N3O/c1-3-11-18-16-6-4-5-15(20-16)17(21)19-12-14-9-7-13(2)8-10-14/h4-6,13-14H,3,7-12H2,1-2H3,(H,18,20)(H,19,21). The Kier molecular flexibility index (Phi) is 6.03. The van der Waals surface area contributed by atoms with Gasteiger partial charge in [0.15, 0.2) is 0 Å². The second kappa shape index (κ2) is 8.01. The summed E-state index contributed by atoms with van der Waals surface area (Å²) < 4.78 is 0. The SMILES string of the molecule is CCCNc1cccc(C(=O)NCC2CCC(C)CC2)n1. The van der Waals surface area contributed by atoms with Crippen LogP contribution in [0.3, 0.4) is 0 Å². The summed E-state index contributed by atoms with van der Waals surface area (Å²) in [6.45, 7) is 6.07. The molecule has 0 unspecified atom stereocenters. The molecule has 0 saturated heterocycles. The highest BCUT2D eigenvalue weighted by molar-refractivity contribution is 5.92. The molecule has 1 aromatic rings. The maximum absolute atomic E-state index is 12.2. The minimum Gasteiger partial charge on any atom is -0.370 e. The Morgan fingerprint density at radius 3 is 2.76 bits per heavy atom. The maximum Gasteiger partial charge on any atom is 0.269 e. The molecule has 0 radical (unpaired) electrons. The minimum absolute atomic E-state index is 0.0613. The summed E-state index contributed by atoms with van der Waals surface area (Å²) in [5.41, 5.74) is 0.500. The molecule has 0 bridgehead atoms. The quantitative estimate of drug-likeness (QED) is 0.843. The first-order valence-electron chi connectivity index (χ1n) is 8.18. The predicted molar refractivity (Wildman–Crippen MR) is 86.5 cm³/mol. The highest BCUT2D eigenvalue weighted by Gasteiger charge is 2.19. The number of hydrogen-bond donors (Lipinski definition) is 2. The van der Waals surface area contributed by atoms with Crippen LogP contribution in [-0.2, 0) is 0 Å². The number of anilines is 1. The molecular formula is C17H27N3O. The van der Waals surface area contributed by atoms with Crippen molar-refractivity contribution in [1.29, 1.82) is 0 Å². The second-order valence-electron chi connectivity index (χ2n) is 6.17. The van der Waals surface area contributed by atoms with E-state index in [4.69, 9.17) is 0 Å². The van der Waals surface area contributed by atoms with Crippen LogP contribution in [0, 0.1) is 11.8 Å². The van der Waals surface area contributed by atoms with E-state index in [9.17, 15) is 4.79 Å². The molecule has 1 amide bonds. The molecule has 0 atom stereocenters. The molecule has 116 valence electrons. The monoisotopic (exact) mass is 289 g/mol.